The second-order valence-electron chi connectivity index (χ2n) is 4.00. The Hall–Kier alpha value is -1.15. The summed E-state index contributed by atoms with van der Waals surface area (Å²) in [5, 5.41) is 3.28. The third-order valence-corrected chi connectivity index (χ3v) is 2.46. The molecule has 0 radical (unpaired) electrons. The van der Waals surface area contributed by atoms with E-state index in [2.05, 4.69) is 25.2 Å². The maximum Gasteiger partial charge on any atom is 0.123 e. The van der Waals surface area contributed by atoms with Gasteiger partial charge in [0.1, 0.15) is 5.82 Å². The Morgan fingerprint density at radius 3 is 2.62 bits per heavy atom. The highest BCUT2D eigenvalue weighted by atomic mass is 19.1. The molecule has 0 saturated carbocycles. The van der Waals surface area contributed by atoms with Crippen LogP contribution in [0.1, 0.15) is 25.8 Å². The van der Waals surface area contributed by atoms with Crippen LogP contribution in [-0.2, 0) is 6.42 Å². The molecular formula is C14H20FN. The molecule has 1 nitrogen and oxygen atoms in total. The molecule has 1 rings (SSSR count). The van der Waals surface area contributed by atoms with Crippen molar-refractivity contribution in [2.45, 2.75) is 26.7 Å². The van der Waals surface area contributed by atoms with Crippen molar-refractivity contribution in [2.24, 2.45) is 0 Å². The van der Waals surface area contributed by atoms with E-state index in [0.717, 1.165) is 25.9 Å². The lowest BCUT2D eigenvalue weighted by Gasteiger charge is -2.03. The van der Waals surface area contributed by atoms with Gasteiger partial charge < -0.3 is 5.32 Å². The van der Waals surface area contributed by atoms with Gasteiger partial charge in [-0.05, 0) is 50.6 Å². The Morgan fingerprint density at radius 1 is 1.31 bits per heavy atom. The first-order valence-corrected chi connectivity index (χ1v) is 5.83. The summed E-state index contributed by atoms with van der Waals surface area (Å²) in [4.78, 5) is 0. The van der Waals surface area contributed by atoms with Gasteiger partial charge in [-0.2, -0.15) is 0 Å². The first-order chi connectivity index (χ1) is 7.72. The van der Waals surface area contributed by atoms with Gasteiger partial charge >= 0.3 is 0 Å². The molecule has 1 aromatic carbocycles. The van der Waals surface area contributed by atoms with E-state index >= 15 is 0 Å². The third kappa shape index (κ3) is 5.08. The molecule has 0 aliphatic carbocycles. The summed E-state index contributed by atoms with van der Waals surface area (Å²) >= 11 is 0. The molecule has 1 aromatic rings. The van der Waals surface area contributed by atoms with E-state index in [-0.39, 0.29) is 5.82 Å². The molecule has 0 aliphatic rings. The van der Waals surface area contributed by atoms with E-state index in [1.54, 1.807) is 0 Å². The van der Waals surface area contributed by atoms with Gasteiger partial charge in [0.25, 0.3) is 0 Å². The molecule has 0 aliphatic heterocycles. The molecule has 0 unspecified atom stereocenters. The van der Waals surface area contributed by atoms with Crippen LogP contribution in [0.25, 0.3) is 0 Å². The number of hydrogen-bond acceptors (Lipinski definition) is 1. The highest BCUT2D eigenvalue weighted by Gasteiger charge is 1.95. The lowest BCUT2D eigenvalue weighted by atomic mass is 10.1. The van der Waals surface area contributed by atoms with E-state index < -0.39 is 0 Å². The fourth-order valence-electron chi connectivity index (χ4n) is 1.59. The zero-order valence-corrected chi connectivity index (χ0v) is 10.1. The lowest BCUT2D eigenvalue weighted by Crippen LogP contribution is -2.13. The molecule has 0 saturated heterocycles. The van der Waals surface area contributed by atoms with Crippen molar-refractivity contribution in [1.82, 2.24) is 5.32 Å². The minimum atomic E-state index is -0.169. The van der Waals surface area contributed by atoms with E-state index in [1.165, 1.54) is 23.3 Å². The summed E-state index contributed by atoms with van der Waals surface area (Å²) in [6.45, 7) is 6.27. The molecule has 0 bridgehead atoms. The standard InChI is InChI=1S/C14H20FN/c1-3-16-10-4-5-12(2)11-13-6-8-14(15)9-7-13/h5-9,16H,3-4,10-11H2,1-2H3. The summed E-state index contributed by atoms with van der Waals surface area (Å²) < 4.78 is 12.7. The van der Waals surface area contributed by atoms with Crippen molar-refractivity contribution in [2.75, 3.05) is 13.1 Å². The van der Waals surface area contributed by atoms with Crippen LogP contribution in [0.5, 0.6) is 0 Å². The van der Waals surface area contributed by atoms with Gasteiger partial charge in [-0.25, -0.2) is 4.39 Å². The van der Waals surface area contributed by atoms with Gasteiger partial charge in [0.05, 0.1) is 0 Å². The molecule has 16 heavy (non-hydrogen) atoms. The van der Waals surface area contributed by atoms with Crippen molar-refractivity contribution in [3.63, 3.8) is 0 Å². The van der Waals surface area contributed by atoms with E-state index in [0.29, 0.717) is 0 Å². The van der Waals surface area contributed by atoms with Crippen LogP contribution < -0.4 is 5.32 Å². The topological polar surface area (TPSA) is 12.0 Å². The monoisotopic (exact) mass is 221 g/mol. The van der Waals surface area contributed by atoms with Crippen LogP contribution in [0.15, 0.2) is 35.9 Å². The summed E-state index contributed by atoms with van der Waals surface area (Å²) in [7, 11) is 0. The smallest absolute Gasteiger partial charge is 0.123 e. The zero-order valence-electron chi connectivity index (χ0n) is 10.1. The van der Waals surface area contributed by atoms with Crippen LogP contribution in [0.4, 0.5) is 4.39 Å². The van der Waals surface area contributed by atoms with Crippen molar-refractivity contribution < 1.29 is 4.39 Å². The molecular weight excluding hydrogens is 201 g/mol. The van der Waals surface area contributed by atoms with E-state index in [9.17, 15) is 4.39 Å². The second-order valence-corrected chi connectivity index (χ2v) is 4.00. The molecule has 0 spiro atoms. The number of benzene rings is 1. The maximum atomic E-state index is 12.7. The Bertz CT molecular complexity index is 327. The summed E-state index contributed by atoms with van der Waals surface area (Å²) in [6, 6.07) is 6.72. The molecule has 88 valence electrons. The highest BCUT2D eigenvalue weighted by molar-refractivity contribution is 5.21. The average Bonchev–Trinajstić information content (AvgIpc) is 2.28. The largest absolute Gasteiger partial charge is 0.317 e. The van der Waals surface area contributed by atoms with E-state index in [1.807, 2.05) is 12.1 Å². The van der Waals surface area contributed by atoms with Crippen LogP contribution in [0, 0.1) is 5.82 Å². The number of rotatable bonds is 6. The SMILES string of the molecule is CCNCCC=C(C)Cc1ccc(F)cc1. The Kier molecular flexibility index (Phi) is 5.79. The lowest BCUT2D eigenvalue weighted by molar-refractivity contribution is 0.627. The quantitative estimate of drug-likeness (QED) is 0.574. The first-order valence-electron chi connectivity index (χ1n) is 5.83. The average molecular weight is 221 g/mol. The molecule has 2 heteroatoms. The Morgan fingerprint density at radius 2 is 2.00 bits per heavy atom. The number of allylic oxidation sites excluding steroid dienone is 1. The fourth-order valence-corrected chi connectivity index (χ4v) is 1.59. The first kappa shape index (κ1) is 12.9. The van der Waals surface area contributed by atoms with Crippen molar-refractivity contribution in [3.05, 3.63) is 47.3 Å². The van der Waals surface area contributed by atoms with Crippen LogP contribution in [0.3, 0.4) is 0 Å². The molecule has 0 atom stereocenters. The van der Waals surface area contributed by atoms with E-state index in [4.69, 9.17) is 0 Å². The van der Waals surface area contributed by atoms with Crippen molar-refractivity contribution >= 4 is 0 Å². The van der Waals surface area contributed by atoms with Gasteiger partial charge in [-0.1, -0.05) is 30.7 Å². The van der Waals surface area contributed by atoms with Gasteiger partial charge in [0, 0.05) is 0 Å². The van der Waals surface area contributed by atoms with Crippen molar-refractivity contribution in [3.8, 4) is 0 Å². The summed E-state index contributed by atoms with van der Waals surface area (Å²) in [6.07, 6.45) is 4.21. The van der Waals surface area contributed by atoms with Gasteiger partial charge in [0.15, 0.2) is 0 Å². The van der Waals surface area contributed by atoms with Crippen LogP contribution >= 0.6 is 0 Å². The molecule has 0 amide bonds. The molecule has 0 aromatic heterocycles. The predicted molar refractivity (Wildman–Crippen MR) is 67.0 cm³/mol. The van der Waals surface area contributed by atoms with Gasteiger partial charge in [0.2, 0.25) is 0 Å². The number of nitrogens with one attached hydrogen (secondary N) is 1. The van der Waals surface area contributed by atoms with Crippen LogP contribution in [0.2, 0.25) is 0 Å². The van der Waals surface area contributed by atoms with Gasteiger partial charge in [-0.15, -0.1) is 0 Å². The Balaban J connectivity index is 2.38. The minimum Gasteiger partial charge on any atom is -0.317 e. The Labute approximate surface area is 97.4 Å². The van der Waals surface area contributed by atoms with Crippen LogP contribution in [-0.4, -0.2) is 13.1 Å². The minimum absolute atomic E-state index is 0.169. The third-order valence-electron chi connectivity index (χ3n) is 2.46. The second kappa shape index (κ2) is 7.18. The molecule has 1 N–H and O–H groups in total. The predicted octanol–water partition coefficient (Wildman–Crippen LogP) is 3.31. The van der Waals surface area contributed by atoms with Crippen molar-refractivity contribution in [1.29, 1.82) is 0 Å². The zero-order chi connectivity index (χ0) is 11.8. The normalized spacial score (nSPS) is 11.8. The molecule has 0 heterocycles. The van der Waals surface area contributed by atoms with Gasteiger partial charge in [-0.3, -0.25) is 0 Å². The highest BCUT2D eigenvalue weighted by Crippen LogP contribution is 2.09. The fraction of sp³-hybridized carbons (Fsp3) is 0.429. The summed E-state index contributed by atoms with van der Waals surface area (Å²) in [5.74, 6) is -0.169. The molecule has 0 fully saturated rings. The maximum absolute atomic E-state index is 12.7. The number of hydrogen-bond donors (Lipinski definition) is 1. The summed E-state index contributed by atoms with van der Waals surface area (Å²) in [5.41, 5.74) is 2.50. The number of halogens is 1.